The van der Waals surface area contributed by atoms with E-state index in [-0.39, 0.29) is 30.3 Å². The minimum atomic E-state index is -4.41. The highest BCUT2D eigenvalue weighted by Crippen LogP contribution is 2.37. The van der Waals surface area contributed by atoms with Crippen LogP contribution in [0.25, 0.3) is 0 Å². The second-order valence-electron chi connectivity index (χ2n) is 8.53. The molecular formula is C28H25Cl2F3N2O3S. The Morgan fingerprint density at radius 2 is 1.67 bits per heavy atom. The molecule has 1 heterocycles. The predicted octanol–water partition coefficient (Wildman–Crippen LogP) is 7.29. The molecule has 4 rings (SSSR count). The molecule has 3 aromatic carbocycles. The van der Waals surface area contributed by atoms with E-state index in [9.17, 15) is 17.2 Å². The molecule has 0 spiro atoms. The van der Waals surface area contributed by atoms with Crippen LogP contribution in [0.2, 0.25) is 5.02 Å². The monoisotopic (exact) mass is 596 g/mol. The first-order valence-electron chi connectivity index (χ1n) is 11.7. The van der Waals surface area contributed by atoms with Crippen molar-refractivity contribution in [1.29, 1.82) is 0 Å². The lowest BCUT2D eigenvalue weighted by molar-refractivity contribution is 0.123. The summed E-state index contributed by atoms with van der Waals surface area (Å²) in [5.74, 6) is -2.26. The van der Waals surface area contributed by atoms with Gasteiger partial charge in [-0.05, 0) is 84.6 Å². The van der Waals surface area contributed by atoms with Gasteiger partial charge in [-0.25, -0.2) is 21.6 Å². The van der Waals surface area contributed by atoms with Crippen LogP contribution in [-0.4, -0.2) is 20.0 Å². The summed E-state index contributed by atoms with van der Waals surface area (Å²) < 4.78 is 77.6. The van der Waals surface area contributed by atoms with Crippen LogP contribution in [0.1, 0.15) is 29.7 Å². The molecule has 1 atom stereocenters. The first-order chi connectivity index (χ1) is 18.2. The van der Waals surface area contributed by atoms with Crippen LogP contribution in [0.4, 0.5) is 18.9 Å². The van der Waals surface area contributed by atoms with Gasteiger partial charge in [-0.3, -0.25) is 9.29 Å². The second-order valence-corrected chi connectivity index (χ2v) is 10.8. The van der Waals surface area contributed by atoms with Crippen molar-refractivity contribution in [3.63, 3.8) is 0 Å². The van der Waals surface area contributed by atoms with Crippen molar-refractivity contribution in [2.75, 3.05) is 10.9 Å². The third kappa shape index (κ3) is 7.30. The van der Waals surface area contributed by atoms with Gasteiger partial charge in [0.2, 0.25) is 0 Å². The fraction of sp³-hybridized carbons (Fsp3) is 0.179. The van der Waals surface area contributed by atoms with Crippen LogP contribution >= 0.6 is 24.0 Å². The molecule has 0 unspecified atom stereocenters. The molecule has 11 heteroatoms. The van der Waals surface area contributed by atoms with E-state index >= 15 is 4.39 Å². The normalized spacial score (nSPS) is 12.0. The van der Waals surface area contributed by atoms with Crippen molar-refractivity contribution in [1.82, 2.24) is 4.98 Å². The zero-order valence-electron chi connectivity index (χ0n) is 20.7. The number of benzene rings is 3. The maximum atomic E-state index is 15.0. The minimum Gasteiger partial charge on any atom is -0.376 e. The van der Waals surface area contributed by atoms with Crippen LogP contribution in [0, 0.1) is 17.5 Å². The van der Waals surface area contributed by atoms with E-state index in [1.807, 2.05) is 6.07 Å². The van der Waals surface area contributed by atoms with E-state index in [0.29, 0.717) is 22.8 Å². The molecule has 0 saturated carbocycles. The number of hydrogen-bond acceptors (Lipinski definition) is 4. The average Bonchev–Trinajstić information content (AvgIpc) is 2.89. The molecule has 0 N–H and O–H groups in total. The fourth-order valence-electron chi connectivity index (χ4n) is 4.10. The average molecular weight is 597 g/mol. The van der Waals surface area contributed by atoms with Crippen molar-refractivity contribution in [3.8, 4) is 0 Å². The number of halogens is 5. The first kappa shape index (κ1) is 30.4. The first-order valence-corrected chi connectivity index (χ1v) is 13.5. The van der Waals surface area contributed by atoms with E-state index in [1.54, 1.807) is 18.5 Å². The van der Waals surface area contributed by atoms with Crippen LogP contribution in [-0.2, 0) is 27.8 Å². The molecule has 206 valence electrons. The molecule has 0 aliphatic heterocycles. The number of aromatic nitrogens is 1. The minimum absolute atomic E-state index is 0. The van der Waals surface area contributed by atoms with E-state index in [0.717, 1.165) is 28.1 Å². The molecule has 0 aliphatic carbocycles. The lowest BCUT2D eigenvalue weighted by atomic mass is 9.98. The number of ether oxygens (including phenoxy) is 1. The number of sulfonamides is 1. The number of rotatable bonds is 10. The molecule has 0 radical (unpaired) electrons. The number of nitrogens with zero attached hydrogens (tertiary/aromatic N) is 2. The van der Waals surface area contributed by atoms with Crippen molar-refractivity contribution in [2.45, 2.75) is 30.9 Å². The van der Waals surface area contributed by atoms with E-state index < -0.39 is 39.2 Å². The van der Waals surface area contributed by atoms with Crippen LogP contribution in [0.3, 0.4) is 0 Å². The van der Waals surface area contributed by atoms with Gasteiger partial charge in [-0.2, -0.15) is 0 Å². The number of hydrogen-bond donors (Lipinski definition) is 0. The zero-order valence-corrected chi connectivity index (χ0v) is 23.1. The summed E-state index contributed by atoms with van der Waals surface area (Å²) >= 11 is 5.93. The number of pyridine rings is 1. The molecule has 4 aromatic rings. The molecule has 39 heavy (non-hydrogen) atoms. The fourth-order valence-corrected chi connectivity index (χ4v) is 5.86. The van der Waals surface area contributed by atoms with Crippen LogP contribution in [0.15, 0.2) is 90.1 Å². The second kappa shape index (κ2) is 13.3. The number of anilines is 1. The lowest BCUT2D eigenvalue weighted by Crippen LogP contribution is -2.35. The zero-order chi connectivity index (χ0) is 27.3. The van der Waals surface area contributed by atoms with Gasteiger partial charge in [0, 0.05) is 23.5 Å². The van der Waals surface area contributed by atoms with Crippen LogP contribution in [0.5, 0.6) is 0 Å². The highest BCUT2D eigenvalue weighted by molar-refractivity contribution is 7.92. The Balaban J connectivity index is 0.00000420. The van der Waals surface area contributed by atoms with Gasteiger partial charge in [0.1, 0.15) is 17.5 Å². The Labute approximate surface area is 236 Å². The van der Waals surface area contributed by atoms with Gasteiger partial charge in [0.25, 0.3) is 10.0 Å². The summed E-state index contributed by atoms with van der Waals surface area (Å²) in [6.07, 6.45) is 3.57. The SMILES string of the molecule is C[C@H](c1ccc(F)cc1CCOCc1cccnc1)N(c1cc(F)ccc1F)S(=O)(=O)c1ccc(Cl)cc1.Cl. The largest absolute Gasteiger partial charge is 0.376 e. The van der Waals surface area contributed by atoms with Crippen molar-refractivity contribution >= 4 is 39.7 Å². The molecule has 0 amide bonds. The highest BCUT2D eigenvalue weighted by Gasteiger charge is 2.33. The molecule has 0 bridgehead atoms. The molecule has 0 fully saturated rings. The predicted molar refractivity (Wildman–Crippen MR) is 147 cm³/mol. The van der Waals surface area contributed by atoms with Crippen LogP contribution < -0.4 is 4.31 Å². The smallest absolute Gasteiger partial charge is 0.264 e. The van der Waals surface area contributed by atoms with Gasteiger partial charge in [0.15, 0.2) is 0 Å². The molecule has 0 saturated heterocycles. The Kier molecular flexibility index (Phi) is 10.4. The summed E-state index contributed by atoms with van der Waals surface area (Å²) in [6.45, 7) is 2.03. The van der Waals surface area contributed by atoms with Gasteiger partial charge in [-0.1, -0.05) is 23.7 Å². The third-order valence-corrected chi connectivity index (χ3v) is 8.08. The van der Waals surface area contributed by atoms with Gasteiger partial charge in [0.05, 0.1) is 29.8 Å². The summed E-state index contributed by atoms with van der Waals surface area (Å²) in [7, 11) is -4.41. The van der Waals surface area contributed by atoms with E-state index in [4.69, 9.17) is 16.3 Å². The Morgan fingerprint density at radius 1 is 0.974 bits per heavy atom. The van der Waals surface area contributed by atoms with E-state index in [1.165, 1.54) is 49.4 Å². The highest BCUT2D eigenvalue weighted by atomic mass is 35.5. The molecule has 0 aliphatic rings. The van der Waals surface area contributed by atoms with Crippen molar-refractivity contribution in [2.24, 2.45) is 0 Å². The molecule has 5 nitrogen and oxygen atoms in total. The summed E-state index contributed by atoms with van der Waals surface area (Å²) in [4.78, 5) is 3.86. The van der Waals surface area contributed by atoms with Gasteiger partial charge >= 0.3 is 0 Å². The maximum absolute atomic E-state index is 15.0. The summed E-state index contributed by atoms with van der Waals surface area (Å²) in [6, 6.07) is 14.5. The van der Waals surface area contributed by atoms with Crippen molar-refractivity contribution < 1.29 is 26.3 Å². The standard InChI is InChI=1S/C28H24ClF3N2O3S.ClH/c1-19(26-10-6-23(30)15-21(26)12-14-37-18-20-3-2-13-33-17-20)34(28-16-24(31)7-11-27(28)32)38(35,36)25-8-4-22(29)5-9-25;/h2-11,13,15-17,19H,12,14,18H2,1H3;1H/t19-;/m1./s1. The Morgan fingerprint density at radius 3 is 2.36 bits per heavy atom. The Bertz CT molecular complexity index is 1510. The van der Waals surface area contributed by atoms with E-state index in [2.05, 4.69) is 4.98 Å². The third-order valence-electron chi connectivity index (χ3n) is 5.93. The topological polar surface area (TPSA) is 59.5 Å². The van der Waals surface area contributed by atoms with Gasteiger partial charge in [-0.15, -0.1) is 12.4 Å². The Hall–Kier alpha value is -3.11. The molecule has 1 aromatic heterocycles. The van der Waals surface area contributed by atoms with Crippen molar-refractivity contribution in [3.05, 3.63) is 124 Å². The summed E-state index contributed by atoms with van der Waals surface area (Å²) in [5, 5.41) is 0.313. The quantitative estimate of drug-likeness (QED) is 0.180. The summed E-state index contributed by atoms with van der Waals surface area (Å²) in [5.41, 5.74) is 1.27. The van der Waals surface area contributed by atoms with Gasteiger partial charge < -0.3 is 4.74 Å². The maximum Gasteiger partial charge on any atom is 0.264 e. The lowest BCUT2D eigenvalue weighted by Gasteiger charge is -2.32. The molecular weight excluding hydrogens is 572 g/mol.